The van der Waals surface area contributed by atoms with Gasteiger partial charge in [0.25, 0.3) is 5.91 Å². The molecule has 0 unspecified atom stereocenters. The summed E-state index contributed by atoms with van der Waals surface area (Å²) in [6, 6.07) is 6.51. The van der Waals surface area contributed by atoms with Crippen LogP contribution in [0.5, 0.6) is 0 Å². The Bertz CT molecular complexity index is 589. The van der Waals surface area contributed by atoms with Crippen LogP contribution in [0.25, 0.3) is 0 Å². The van der Waals surface area contributed by atoms with Crippen molar-refractivity contribution in [3.8, 4) is 0 Å². The van der Waals surface area contributed by atoms with E-state index in [9.17, 15) is 4.79 Å². The molecule has 0 N–H and O–H groups in total. The minimum Gasteiger partial charge on any atom is -0.372 e. The Morgan fingerprint density at radius 2 is 1.58 bits per heavy atom. The van der Waals surface area contributed by atoms with Crippen molar-refractivity contribution in [2.75, 3.05) is 50.7 Å². The Morgan fingerprint density at radius 1 is 0.833 bits per heavy atom. The maximum atomic E-state index is 12.8. The average molecular weight is 327 g/mol. The third kappa shape index (κ3) is 3.30. The minimum atomic E-state index is 0.237. The highest BCUT2D eigenvalue weighted by Gasteiger charge is 2.25. The van der Waals surface area contributed by atoms with Gasteiger partial charge in [-0.25, -0.2) is 0 Å². The number of nitrogens with zero attached hydrogens (tertiary/aromatic N) is 3. The van der Waals surface area contributed by atoms with E-state index in [1.807, 2.05) is 0 Å². The quantitative estimate of drug-likeness (QED) is 0.851. The second-order valence-electron chi connectivity index (χ2n) is 7.48. The van der Waals surface area contributed by atoms with Gasteiger partial charge in [-0.05, 0) is 75.4 Å². The Labute approximate surface area is 145 Å². The lowest BCUT2D eigenvalue weighted by atomic mass is 9.97. The lowest BCUT2D eigenvalue weighted by molar-refractivity contribution is 0.0724. The molecule has 3 aliphatic heterocycles. The van der Waals surface area contributed by atoms with Gasteiger partial charge in [-0.1, -0.05) is 0 Å². The smallest absolute Gasteiger partial charge is 0.254 e. The standard InChI is InChI=1S/C20H29N3O/c24-20-19-7-6-18(22-11-2-1-3-12-22)16-17(19)8-13-23(20)15-14-21-9-4-5-10-21/h6-7,16H,1-5,8-15H2. The topological polar surface area (TPSA) is 26.8 Å². The molecule has 0 saturated carbocycles. The van der Waals surface area contributed by atoms with Crippen molar-refractivity contribution in [2.45, 2.75) is 38.5 Å². The van der Waals surface area contributed by atoms with E-state index in [4.69, 9.17) is 0 Å². The fraction of sp³-hybridized carbons (Fsp3) is 0.650. The third-order valence-electron chi connectivity index (χ3n) is 5.86. The summed E-state index contributed by atoms with van der Waals surface area (Å²) in [5.41, 5.74) is 3.50. The average Bonchev–Trinajstić information content (AvgIpc) is 3.15. The van der Waals surface area contributed by atoms with Gasteiger partial charge in [-0.2, -0.15) is 0 Å². The molecule has 1 amide bonds. The van der Waals surface area contributed by atoms with E-state index in [1.165, 1.54) is 56.4 Å². The van der Waals surface area contributed by atoms with Crippen molar-refractivity contribution in [1.29, 1.82) is 0 Å². The normalized spacial score (nSPS) is 22.1. The van der Waals surface area contributed by atoms with E-state index in [0.717, 1.165) is 44.7 Å². The molecule has 0 atom stereocenters. The molecule has 24 heavy (non-hydrogen) atoms. The van der Waals surface area contributed by atoms with E-state index in [1.54, 1.807) is 0 Å². The lowest BCUT2D eigenvalue weighted by Crippen LogP contribution is -2.42. The van der Waals surface area contributed by atoms with E-state index < -0.39 is 0 Å². The number of amides is 1. The number of piperidine rings is 1. The molecule has 0 aromatic heterocycles. The van der Waals surface area contributed by atoms with Crippen LogP contribution in [-0.4, -0.2) is 61.5 Å². The summed E-state index contributed by atoms with van der Waals surface area (Å²) in [6.07, 6.45) is 7.57. The zero-order valence-corrected chi connectivity index (χ0v) is 14.7. The van der Waals surface area contributed by atoms with Crippen molar-refractivity contribution < 1.29 is 4.79 Å². The molecule has 3 heterocycles. The summed E-state index contributed by atoms with van der Waals surface area (Å²) >= 11 is 0. The highest BCUT2D eigenvalue weighted by Crippen LogP contribution is 2.26. The monoisotopic (exact) mass is 327 g/mol. The number of benzene rings is 1. The summed E-state index contributed by atoms with van der Waals surface area (Å²) in [5.74, 6) is 0.237. The van der Waals surface area contributed by atoms with Gasteiger partial charge in [0.2, 0.25) is 0 Å². The molecular formula is C20H29N3O. The molecule has 4 heteroatoms. The van der Waals surface area contributed by atoms with Crippen molar-refractivity contribution >= 4 is 11.6 Å². The second-order valence-corrected chi connectivity index (χ2v) is 7.48. The zero-order valence-electron chi connectivity index (χ0n) is 14.7. The number of carbonyl (C=O) groups excluding carboxylic acids is 1. The van der Waals surface area contributed by atoms with Crippen molar-refractivity contribution in [1.82, 2.24) is 9.80 Å². The van der Waals surface area contributed by atoms with Crippen molar-refractivity contribution in [2.24, 2.45) is 0 Å². The van der Waals surface area contributed by atoms with Crippen LogP contribution in [0.2, 0.25) is 0 Å². The van der Waals surface area contributed by atoms with E-state index >= 15 is 0 Å². The van der Waals surface area contributed by atoms with Gasteiger partial charge in [0.1, 0.15) is 0 Å². The Balaban J connectivity index is 1.42. The van der Waals surface area contributed by atoms with Crippen molar-refractivity contribution in [3.05, 3.63) is 29.3 Å². The summed E-state index contributed by atoms with van der Waals surface area (Å²) in [5, 5.41) is 0. The summed E-state index contributed by atoms with van der Waals surface area (Å²) in [4.78, 5) is 19.8. The predicted molar refractivity (Wildman–Crippen MR) is 97.8 cm³/mol. The molecule has 3 aliphatic rings. The Hall–Kier alpha value is -1.55. The van der Waals surface area contributed by atoms with Crippen LogP contribution >= 0.6 is 0 Å². The maximum Gasteiger partial charge on any atom is 0.254 e. The first-order valence-electron chi connectivity index (χ1n) is 9.71. The van der Waals surface area contributed by atoms with Crippen LogP contribution < -0.4 is 4.90 Å². The first kappa shape index (κ1) is 15.9. The molecule has 4 nitrogen and oxygen atoms in total. The van der Waals surface area contributed by atoms with Gasteiger partial charge in [-0.15, -0.1) is 0 Å². The molecule has 0 aliphatic carbocycles. The molecule has 0 radical (unpaired) electrons. The van der Waals surface area contributed by atoms with Gasteiger partial charge in [0.05, 0.1) is 0 Å². The Morgan fingerprint density at radius 3 is 2.38 bits per heavy atom. The number of rotatable bonds is 4. The number of hydrogen-bond donors (Lipinski definition) is 0. The molecule has 130 valence electrons. The van der Waals surface area contributed by atoms with Gasteiger partial charge in [0.15, 0.2) is 0 Å². The minimum absolute atomic E-state index is 0.237. The molecule has 1 aromatic carbocycles. The molecule has 4 rings (SSSR count). The third-order valence-corrected chi connectivity index (χ3v) is 5.86. The summed E-state index contributed by atoms with van der Waals surface area (Å²) in [7, 11) is 0. The largest absolute Gasteiger partial charge is 0.372 e. The van der Waals surface area contributed by atoms with E-state index in [0.29, 0.717) is 0 Å². The maximum absolute atomic E-state index is 12.8. The molecule has 0 bridgehead atoms. The van der Waals surface area contributed by atoms with Crippen LogP contribution in [0.15, 0.2) is 18.2 Å². The van der Waals surface area contributed by atoms with Gasteiger partial charge < -0.3 is 14.7 Å². The molecule has 2 saturated heterocycles. The molecule has 2 fully saturated rings. The Kier molecular flexibility index (Phi) is 4.74. The SMILES string of the molecule is O=C1c2ccc(N3CCCCC3)cc2CCN1CCN1CCCC1. The number of anilines is 1. The predicted octanol–water partition coefficient (Wildman–Crippen LogP) is 2.77. The van der Waals surface area contributed by atoms with Gasteiger partial charge in [0, 0.05) is 44.0 Å². The number of fused-ring (bicyclic) bond motifs is 1. The second kappa shape index (κ2) is 7.14. The first-order valence-corrected chi connectivity index (χ1v) is 9.71. The van der Waals surface area contributed by atoms with E-state index in [-0.39, 0.29) is 5.91 Å². The van der Waals surface area contributed by atoms with Crippen LogP contribution in [0.4, 0.5) is 5.69 Å². The van der Waals surface area contributed by atoms with Crippen LogP contribution in [0, 0.1) is 0 Å². The highest BCUT2D eigenvalue weighted by molar-refractivity contribution is 5.97. The number of carbonyl (C=O) groups is 1. The van der Waals surface area contributed by atoms with Crippen molar-refractivity contribution in [3.63, 3.8) is 0 Å². The van der Waals surface area contributed by atoms with E-state index in [2.05, 4.69) is 32.9 Å². The van der Waals surface area contributed by atoms with Gasteiger partial charge >= 0.3 is 0 Å². The highest BCUT2D eigenvalue weighted by atomic mass is 16.2. The molecular weight excluding hydrogens is 298 g/mol. The first-order chi connectivity index (χ1) is 11.8. The molecule has 1 aromatic rings. The molecule has 0 spiro atoms. The zero-order chi connectivity index (χ0) is 16.4. The fourth-order valence-corrected chi connectivity index (χ4v) is 4.35. The number of likely N-dealkylation sites (tertiary alicyclic amines) is 1. The number of hydrogen-bond acceptors (Lipinski definition) is 3. The van der Waals surface area contributed by atoms with Crippen LogP contribution in [-0.2, 0) is 6.42 Å². The summed E-state index contributed by atoms with van der Waals surface area (Å²) in [6.45, 7) is 7.53. The fourth-order valence-electron chi connectivity index (χ4n) is 4.35. The van der Waals surface area contributed by atoms with Crippen LogP contribution in [0.3, 0.4) is 0 Å². The van der Waals surface area contributed by atoms with Gasteiger partial charge in [-0.3, -0.25) is 4.79 Å². The summed E-state index contributed by atoms with van der Waals surface area (Å²) < 4.78 is 0. The lowest BCUT2D eigenvalue weighted by Gasteiger charge is -2.32. The van der Waals surface area contributed by atoms with Crippen LogP contribution in [0.1, 0.15) is 48.0 Å².